The Morgan fingerprint density at radius 1 is 1.37 bits per heavy atom. The molecular formula is C14H20N4O. The lowest BCUT2D eigenvalue weighted by molar-refractivity contribution is 0.295. The Morgan fingerprint density at radius 2 is 2.16 bits per heavy atom. The van der Waals surface area contributed by atoms with E-state index >= 15 is 0 Å². The maximum atomic E-state index is 5.85. The smallest absolute Gasteiger partial charge is 0.134 e. The number of para-hydroxylation sites is 1. The van der Waals surface area contributed by atoms with Crippen molar-refractivity contribution in [2.24, 2.45) is 7.05 Å². The fourth-order valence-electron chi connectivity index (χ4n) is 2.00. The minimum absolute atomic E-state index is 0.267. The van der Waals surface area contributed by atoms with Gasteiger partial charge in [-0.15, -0.1) is 5.10 Å². The normalized spacial score (nSPS) is 12.4. The third-order valence-corrected chi connectivity index (χ3v) is 2.92. The van der Waals surface area contributed by atoms with Crippen molar-refractivity contribution in [3.8, 4) is 5.75 Å². The van der Waals surface area contributed by atoms with Gasteiger partial charge in [0, 0.05) is 18.7 Å². The van der Waals surface area contributed by atoms with Crippen LogP contribution in [0.3, 0.4) is 0 Å². The van der Waals surface area contributed by atoms with E-state index in [2.05, 4.69) is 35.5 Å². The SMILES string of the molecule is CCNC(C)c1ccccc1OCc1cn(C)nn1. The van der Waals surface area contributed by atoms with Crippen molar-refractivity contribution >= 4 is 0 Å². The van der Waals surface area contributed by atoms with Crippen LogP contribution >= 0.6 is 0 Å². The van der Waals surface area contributed by atoms with Crippen molar-refractivity contribution in [3.63, 3.8) is 0 Å². The Bertz CT molecular complexity index is 524. The molecule has 19 heavy (non-hydrogen) atoms. The van der Waals surface area contributed by atoms with E-state index in [0.29, 0.717) is 6.61 Å². The van der Waals surface area contributed by atoms with Crippen LogP contribution in [0, 0.1) is 0 Å². The molecule has 0 saturated carbocycles. The summed E-state index contributed by atoms with van der Waals surface area (Å²) in [4.78, 5) is 0. The van der Waals surface area contributed by atoms with Gasteiger partial charge in [0.1, 0.15) is 18.1 Å². The average Bonchev–Trinajstić information content (AvgIpc) is 2.83. The third kappa shape index (κ3) is 3.54. The molecule has 1 aromatic carbocycles. The van der Waals surface area contributed by atoms with Crippen molar-refractivity contribution in [2.75, 3.05) is 6.54 Å². The molecule has 0 radical (unpaired) electrons. The topological polar surface area (TPSA) is 52.0 Å². The Kier molecular flexibility index (Phi) is 4.52. The van der Waals surface area contributed by atoms with Gasteiger partial charge in [0.25, 0.3) is 0 Å². The van der Waals surface area contributed by atoms with Crippen LogP contribution in [0.25, 0.3) is 0 Å². The van der Waals surface area contributed by atoms with Gasteiger partial charge in [0.15, 0.2) is 0 Å². The third-order valence-electron chi connectivity index (χ3n) is 2.92. The van der Waals surface area contributed by atoms with E-state index in [0.717, 1.165) is 23.6 Å². The summed E-state index contributed by atoms with van der Waals surface area (Å²) in [5.74, 6) is 0.890. The second-order valence-corrected chi connectivity index (χ2v) is 4.49. The monoisotopic (exact) mass is 260 g/mol. The molecule has 5 nitrogen and oxygen atoms in total. The number of benzene rings is 1. The molecule has 1 heterocycles. The van der Waals surface area contributed by atoms with Gasteiger partial charge in [-0.3, -0.25) is 4.68 Å². The molecule has 0 fully saturated rings. The summed E-state index contributed by atoms with van der Waals surface area (Å²) in [6.07, 6.45) is 1.86. The van der Waals surface area contributed by atoms with Gasteiger partial charge >= 0.3 is 0 Å². The second-order valence-electron chi connectivity index (χ2n) is 4.49. The van der Waals surface area contributed by atoms with E-state index < -0.39 is 0 Å². The van der Waals surface area contributed by atoms with Crippen LogP contribution in [-0.4, -0.2) is 21.5 Å². The zero-order valence-corrected chi connectivity index (χ0v) is 11.6. The molecule has 2 rings (SSSR count). The summed E-state index contributed by atoms with van der Waals surface area (Å²) in [5, 5.41) is 11.3. The van der Waals surface area contributed by atoms with E-state index in [1.165, 1.54) is 0 Å². The summed E-state index contributed by atoms with van der Waals surface area (Å²) in [7, 11) is 1.84. The highest BCUT2D eigenvalue weighted by Gasteiger charge is 2.10. The van der Waals surface area contributed by atoms with Crippen LogP contribution in [0.1, 0.15) is 31.1 Å². The number of aromatic nitrogens is 3. The molecule has 1 atom stereocenters. The molecule has 0 saturated heterocycles. The number of hydrogen-bond donors (Lipinski definition) is 1. The molecule has 0 aliphatic heterocycles. The van der Waals surface area contributed by atoms with Crippen molar-refractivity contribution in [1.82, 2.24) is 20.3 Å². The molecular weight excluding hydrogens is 240 g/mol. The Balaban J connectivity index is 2.07. The van der Waals surface area contributed by atoms with Crippen LogP contribution in [-0.2, 0) is 13.7 Å². The van der Waals surface area contributed by atoms with E-state index in [1.807, 2.05) is 31.4 Å². The number of aryl methyl sites for hydroxylation is 1. The van der Waals surface area contributed by atoms with Crippen molar-refractivity contribution < 1.29 is 4.74 Å². The summed E-state index contributed by atoms with van der Waals surface area (Å²) in [5.41, 5.74) is 1.99. The molecule has 1 aromatic heterocycles. The average molecular weight is 260 g/mol. The molecule has 102 valence electrons. The first-order valence-electron chi connectivity index (χ1n) is 6.51. The second kappa shape index (κ2) is 6.33. The highest BCUT2D eigenvalue weighted by molar-refractivity contribution is 5.35. The van der Waals surface area contributed by atoms with Gasteiger partial charge < -0.3 is 10.1 Å². The molecule has 1 N–H and O–H groups in total. The molecule has 0 bridgehead atoms. The van der Waals surface area contributed by atoms with Gasteiger partial charge in [-0.25, -0.2) is 0 Å². The Labute approximate surface area is 113 Å². The summed E-state index contributed by atoms with van der Waals surface area (Å²) < 4.78 is 7.52. The lowest BCUT2D eigenvalue weighted by atomic mass is 10.1. The van der Waals surface area contributed by atoms with Gasteiger partial charge in [0.05, 0.1) is 6.20 Å². The number of nitrogens with zero attached hydrogens (tertiary/aromatic N) is 3. The first-order valence-corrected chi connectivity index (χ1v) is 6.51. The van der Waals surface area contributed by atoms with E-state index in [9.17, 15) is 0 Å². The fraction of sp³-hybridized carbons (Fsp3) is 0.429. The number of nitrogens with one attached hydrogen (secondary N) is 1. The van der Waals surface area contributed by atoms with Crippen molar-refractivity contribution in [3.05, 3.63) is 41.7 Å². The van der Waals surface area contributed by atoms with Crippen molar-refractivity contribution in [1.29, 1.82) is 0 Å². The van der Waals surface area contributed by atoms with E-state index in [1.54, 1.807) is 4.68 Å². The summed E-state index contributed by atoms with van der Waals surface area (Å²) >= 11 is 0. The summed E-state index contributed by atoms with van der Waals surface area (Å²) in [6, 6.07) is 8.34. The standard InChI is InChI=1S/C14H20N4O/c1-4-15-11(2)13-7-5-6-8-14(13)19-10-12-9-18(3)17-16-12/h5-9,11,15H,4,10H2,1-3H3. The number of hydrogen-bond acceptors (Lipinski definition) is 4. The van der Waals surface area contributed by atoms with Crippen LogP contribution < -0.4 is 10.1 Å². The largest absolute Gasteiger partial charge is 0.487 e. The van der Waals surface area contributed by atoms with Gasteiger partial charge in [-0.05, 0) is 19.5 Å². The Morgan fingerprint density at radius 3 is 2.84 bits per heavy atom. The first-order chi connectivity index (χ1) is 9.20. The predicted octanol–water partition coefficient (Wildman–Crippen LogP) is 2.06. The highest BCUT2D eigenvalue weighted by Crippen LogP contribution is 2.25. The molecule has 5 heteroatoms. The lowest BCUT2D eigenvalue weighted by Gasteiger charge is -2.17. The quantitative estimate of drug-likeness (QED) is 0.864. The van der Waals surface area contributed by atoms with E-state index in [-0.39, 0.29) is 6.04 Å². The maximum absolute atomic E-state index is 5.85. The van der Waals surface area contributed by atoms with Crippen molar-refractivity contribution in [2.45, 2.75) is 26.5 Å². The lowest BCUT2D eigenvalue weighted by Crippen LogP contribution is -2.18. The fourth-order valence-corrected chi connectivity index (χ4v) is 2.00. The van der Waals surface area contributed by atoms with Crippen LogP contribution in [0.15, 0.2) is 30.5 Å². The highest BCUT2D eigenvalue weighted by atomic mass is 16.5. The molecule has 0 spiro atoms. The summed E-state index contributed by atoms with van der Waals surface area (Å²) in [6.45, 7) is 5.59. The number of ether oxygens (including phenoxy) is 1. The predicted molar refractivity (Wildman–Crippen MR) is 73.9 cm³/mol. The van der Waals surface area contributed by atoms with Gasteiger partial charge in [-0.2, -0.15) is 0 Å². The molecule has 2 aromatic rings. The van der Waals surface area contributed by atoms with Gasteiger partial charge in [0.2, 0.25) is 0 Å². The molecule has 0 aliphatic rings. The molecule has 0 amide bonds. The zero-order valence-electron chi connectivity index (χ0n) is 11.6. The van der Waals surface area contributed by atoms with E-state index in [4.69, 9.17) is 4.74 Å². The minimum atomic E-state index is 0.267. The van der Waals surface area contributed by atoms with Crippen LogP contribution in [0.2, 0.25) is 0 Å². The van der Waals surface area contributed by atoms with Crippen LogP contribution in [0.4, 0.5) is 0 Å². The minimum Gasteiger partial charge on any atom is -0.487 e. The molecule has 1 unspecified atom stereocenters. The zero-order chi connectivity index (χ0) is 13.7. The van der Waals surface area contributed by atoms with Crippen LogP contribution in [0.5, 0.6) is 5.75 Å². The van der Waals surface area contributed by atoms with Gasteiger partial charge in [-0.1, -0.05) is 30.3 Å². The number of rotatable bonds is 6. The Hall–Kier alpha value is -1.88. The molecule has 0 aliphatic carbocycles. The first kappa shape index (κ1) is 13.5. The maximum Gasteiger partial charge on any atom is 0.134 e.